The number of hydrogen-bond acceptors (Lipinski definition) is 3. The van der Waals surface area contributed by atoms with Crippen LogP contribution in [-0.2, 0) is 0 Å². The molecular weight excluding hydrogens is 195 g/mol. The molecule has 0 atom stereocenters. The molecule has 0 fully saturated rings. The molecule has 0 bridgehead atoms. The van der Waals surface area contributed by atoms with Crippen LogP contribution in [0.4, 0.5) is 10.2 Å². The number of hydrogen-bond donors (Lipinski definition) is 1. The number of aryl methyl sites for hydroxylation is 1. The van der Waals surface area contributed by atoms with Crippen LogP contribution in [-0.4, -0.2) is 15.0 Å². The number of benzene rings is 1. The zero-order valence-electron chi connectivity index (χ0n) is 8.53. The summed E-state index contributed by atoms with van der Waals surface area (Å²) in [5, 5.41) is 7.59. The van der Waals surface area contributed by atoms with E-state index in [1.807, 2.05) is 6.92 Å². The normalized spacial score (nSPS) is 10.6. The number of anilines is 1. The van der Waals surface area contributed by atoms with E-state index in [4.69, 9.17) is 5.73 Å². The molecule has 2 rings (SSSR count). The van der Waals surface area contributed by atoms with Crippen molar-refractivity contribution in [3.05, 3.63) is 35.3 Å². The number of halogens is 1. The number of rotatable bonds is 1. The Hall–Kier alpha value is -1.91. The van der Waals surface area contributed by atoms with Crippen molar-refractivity contribution in [2.45, 2.75) is 13.8 Å². The minimum Gasteiger partial charge on any atom is -0.381 e. The molecule has 1 heterocycles. The van der Waals surface area contributed by atoms with Gasteiger partial charge in [-0.15, -0.1) is 5.10 Å². The number of nitrogen functional groups attached to an aromatic ring is 1. The average molecular weight is 206 g/mol. The highest BCUT2D eigenvalue weighted by Crippen LogP contribution is 2.18. The Labute approximate surface area is 86.5 Å². The zero-order chi connectivity index (χ0) is 11.0. The van der Waals surface area contributed by atoms with E-state index in [1.165, 1.54) is 16.8 Å². The van der Waals surface area contributed by atoms with Crippen LogP contribution in [0.5, 0.6) is 0 Å². The van der Waals surface area contributed by atoms with Crippen molar-refractivity contribution in [1.29, 1.82) is 0 Å². The molecular formula is C10H11FN4. The van der Waals surface area contributed by atoms with Gasteiger partial charge in [0, 0.05) is 0 Å². The Kier molecular flexibility index (Phi) is 2.15. The lowest BCUT2D eigenvalue weighted by molar-refractivity contribution is 0.623. The van der Waals surface area contributed by atoms with E-state index < -0.39 is 0 Å². The molecule has 5 heteroatoms. The fourth-order valence-electron chi connectivity index (χ4n) is 1.38. The van der Waals surface area contributed by atoms with Gasteiger partial charge in [0.25, 0.3) is 0 Å². The first-order valence-electron chi connectivity index (χ1n) is 4.54. The molecule has 0 saturated heterocycles. The first kappa shape index (κ1) is 9.64. The van der Waals surface area contributed by atoms with Gasteiger partial charge in [0.15, 0.2) is 5.82 Å². The molecule has 0 saturated carbocycles. The summed E-state index contributed by atoms with van der Waals surface area (Å²) >= 11 is 0. The summed E-state index contributed by atoms with van der Waals surface area (Å²) in [4.78, 5) is 0. The summed E-state index contributed by atoms with van der Waals surface area (Å²) in [6, 6.07) is 4.52. The fraction of sp³-hybridized carbons (Fsp3) is 0.200. The van der Waals surface area contributed by atoms with Gasteiger partial charge in [0.1, 0.15) is 5.82 Å². The molecule has 1 aromatic heterocycles. The maximum absolute atomic E-state index is 13.1. The van der Waals surface area contributed by atoms with E-state index in [-0.39, 0.29) is 5.82 Å². The van der Waals surface area contributed by atoms with Gasteiger partial charge >= 0.3 is 0 Å². The van der Waals surface area contributed by atoms with E-state index in [0.29, 0.717) is 17.2 Å². The molecule has 2 N–H and O–H groups in total. The maximum Gasteiger partial charge on any atom is 0.169 e. The highest BCUT2D eigenvalue weighted by Gasteiger charge is 2.09. The lowest BCUT2D eigenvalue weighted by Crippen LogP contribution is -2.02. The standard InChI is InChI=1S/C10H11FN4/c1-6-3-4-8(11)5-9(6)15-7(2)10(12)13-14-15/h3-5H,12H2,1-2H3. The minimum absolute atomic E-state index is 0.302. The Morgan fingerprint density at radius 2 is 2.07 bits per heavy atom. The Morgan fingerprint density at radius 3 is 2.67 bits per heavy atom. The lowest BCUT2D eigenvalue weighted by atomic mass is 10.2. The monoisotopic (exact) mass is 206 g/mol. The summed E-state index contributed by atoms with van der Waals surface area (Å²) in [7, 11) is 0. The van der Waals surface area contributed by atoms with Crippen molar-refractivity contribution in [2.24, 2.45) is 0 Å². The van der Waals surface area contributed by atoms with Crippen molar-refractivity contribution >= 4 is 5.82 Å². The van der Waals surface area contributed by atoms with Gasteiger partial charge in [-0.2, -0.15) is 0 Å². The predicted octanol–water partition coefficient (Wildman–Crippen LogP) is 1.61. The molecule has 0 spiro atoms. The topological polar surface area (TPSA) is 56.7 Å². The van der Waals surface area contributed by atoms with Crippen LogP contribution in [0, 0.1) is 19.7 Å². The SMILES string of the molecule is Cc1ccc(F)cc1-n1nnc(N)c1C. The third kappa shape index (κ3) is 1.56. The quantitative estimate of drug-likeness (QED) is 0.771. The zero-order valence-corrected chi connectivity index (χ0v) is 8.53. The van der Waals surface area contributed by atoms with Crippen LogP contribution >= 0.6 is 0 Å². The maximum atomic E-state index is 13.1. The summed E-state index contributed by atoms with van der Waals surface area (Å²) in [5.74, 6) is 0.0581. The molecule has 4 nitrogen and oxygen atoms in total. The van der Waals surface area contributed by atoms with Crippen LogP contribution < -0.4 is 5.73 Å². The van der Waals surface area contributed by atoms with Gasteiger partial charge < -0.3 is 5.73 Å². The molecule has 78 valence electrons. The minimum atomic E-state index is -0.302. The van der Waals surface area contributed by atoms with Crippen molar-refractivity contribution in [3.8, 4) is 5.69 Å². The van der Waals surface area contributed by atoms with Crippen LogP contribution in [0.2, 0.25) is 0 Å². The summed E-state index contributed by atoms with van der Waals surface area (Å²) in [6.07, 6.45) is 0. The van der Waals surface area contributed by atoms with Gasteiger partial charge in [0.2, 0.25) is 0 Å². The van der Waals surface area contributed by atoms with Crippen molar-refractivity contribution in [1.82, 2.24) is 15.0 Å². The van der Waals surface area contributed by atoms with Crippen LogP contribution in [0.15, 0.2) is 18.2 Å². The predicted molar refractivity (Wildman–Crippen MR) is 55.2 cm³/mol. The highest BCUT2D eigenvalue weighted by molar-refractivity contribution is 5.44. The van der Waals surface area contributed by atoms with Gasteiger partial charge in [-0.25, -0.2) is 9.07 Å². The molecule has 0 unspecified atom stereocenters. The van der Waals surface area contributed by atoms with Gasteiger partial charge in [0.05, 0.1) is 11.4 Å². The first-order chi connectivity index (χ1) is 7.09. The van der Waals surface area contributed by atoms with Crippen molar-refractivity contribution < 1.29 is 4.39 Å². The second-order valence-corrected chi connectivity index (χ2v) is 3.40. The molecule has 0 aliphatic rings. The van der Waals surface area contributed by atoms with Crippen LogP contribution in [0.25, 0.3) is 5.69 Å². The Balaban J connectivity index is 2.63. The average Bonchev–Trinajstić information content (AvgIpc) is 2.52. The molecule has 0 radical (unpaired) electrons. The molecule has 0 aliphatic carbocycles. The van der Waals surface area contributed by atoms with E-state index in [2.05, 4.69) is 10.3 Å². The van der Waals surface area contributed by atoms with E-state index in [9.17, 15) is 4.39 Å². The van der Waals surface area contributed by atoms with Gasteiger partial charge in [-0.05, 0) is 31.5 Å². The van der Waals surface area contributed by atoms with Crippen LogP contribution in [0.1, 0.15) is 11.3 Å². The second kappa shape index (κ2) is 3.34. The Bertz CT molecular complexity index is 504. The molecule has 0 amide bonds. The number of aromatic nitrogens is 3. The second-order valence-electron chi connectivity index (χ2n) is 3.40. The lowest BCUT2D eigenvalue weighted by Gasteiger charge is -2.06. The smallest absolute Gasteiger partial charge is 0.169 e. The summed E-state index contributed by atoms with van der Waals surface area (Å²) in [6.45, 7) is 3.67. The first-order valence-corrected chi connectivity index (χ1v) is 4.54. The van der Waals surface area contributed by atoms with Crippen molar-refractivity contribution in [3.63, 3.8) is 0 Å². The van der Waals surface area contributed by atoms with Gasteiger partial charge in [-0.3, -0.25) is 0 Å². The summed E-state index contributed by atoms with van der Waals surface area (Å²) in [5.41, 5.74) is 7.87. The molecule has 1 aromatic carbocycles. The highest BCUT2D eigenvalue weighted by atomic mass is 19.1. The van der Waals surface area contributed by atoms with E-state index in [1.54, 1.807) is 13.0 Å². The summed E-state index contributed by atoms with van der Waals surface area (Å²) < 4.78 is 14.6. The van der Waals surface area contributed by atoms with Gasteiger partial charge in [-0.1, -0.05) is 11.3 Å². The Morgan fingerprint density at radius 1 is 1.33 bits per heavy atom. The third-order valence-electron chi connectivity index (χ3n) is 2.33. The largest absolute Gasteiger partial charge is 0.381 e. The van der Waals surface area contributed by atoms with E-state index in [0.717, 1.165) is 5.56 Å². The molecule has 15 heavy (non-hydrogen) atoms. The fourth-order valence-corrected chi connectivity index (χ4v) is 1.38. The van der Waals surface area contributed by atoms with E-state index >= 15 is 0 Å². The van der Waals surface area contributed by atoms with Crippen LogP contribution in [0.3, 0.4) is 0 Å². The molecule has 2 aromatic rings. The van der Waals surface area contributed by atoms with Crippen molar-refractivity contribution in [2.75, 3.05) is 5.73 Å². The number of nitrogens with zero attached hydrogens (tertiary/aromatic N) is 3. The third-order valence-corrected chi connectivity index (χ3v) is 2.33. The molecule has 0 aliphatic heterocycles. The number of nitrogens with two attached hydrogens (primary N) is 1.